The minimum absolute atomic E-state index is 0.139. The van der Waals surface area contributed by atoms with Crippen LogP contribution in [0.5, 0.6) is 0 Å². The highest BCUT2D eigenvalue weighted by atomic mass is 16.1. The van der Waals surface area contributed by atoms with E-state index in [1.165, 1.54) is 24.9 Å². The second-order valence-electron chi connectivity index (χ2n) is 7.67. The molecule has 4 rings (SSSR count). The molecule has 2 heterocycles. The zero-order chi connectivity index (χ0) is 18.6. The maximum Gasteiger partial charge on any atom is 0.329 e. The molecular formula is C23H29N3O. The highest BCUT2D eigenvalue weighted by Gasteiger charge is 2.22. The number of fused-ring (bicyclic) bond motifs is 1. The summed E-state index contributed by atoms with van der Waals surface area (Å²) < 4.78 is 3.90. The molecule has 0 bridgehead atoms. The molecule has 0 amide bonds. The van der Waals surface area contributed by atoms with E-state index in [1.807, 2.05) is 28.2 Å². The molecular weight excluding hydrogens is 334 g/mol. The fraction of sp³-hybridized carbons (Fsp3) is 0.435. The number of imidazole rings is 1. The van der Waals surface area contributed by atoms with Gasteiger partial charge in [-0.2, -0.15) is 0 Å². The molecule has 142 valence electrons. The second kappa shape index (κ2) is 8.13. The normalized spacial score (nSPS) is 18.2. The average Bonchev–Trinajstić information content (AvgIpc) is 2.98. The number of nitrogens with zero attached hydrogens (tertiary/aromatic N) is 3. The molecule has 1 aliphatic heterocycles. The van der Waals surface area contributed by atoms with Gasteiger partial charge in [-0.25, -0.2) is 4.79 Å². The smallest absolute Gasteiger partial charge is 0.303 e. The molecule has 0 aliphatic carbocycles. The number of para-hydroxylation sites is 2. The van der Waals surface area contributed by atoms with Crippen molar-refractivity contribution in [1.29, 1.82) is 0 Å². The molecule has 3 aromatic rings. The summed E-state index contributed by atoms with van der Waals surface area (Å²) in [7, 11) is 0. The lowest BCUT2D eigenvalue weighted by Gasteiger charge is -2.32. The number of benzene rings is 2. The van der Waals surface area contributed by atoms with E-state index >= 15 is 0 Å². The van der Waals surface area contributed by atoms with Crippen LogP contribution in [0.2, 0.25) is 0 Å². The van der Waals surface area contributed by atoms with Crippen LogP contribution in [0.15, 0.2) is 59.4 Å². The van der Waals surface area contributed by atoms with Crippen molar-refractivity contribution in [3.63, 3.8) is 0 Å². The van der Waals surface area contributed by atoms with Crippen molar-refractivity contribution in [3.8, 4) is 0 Å². The Balaban J connectivity index is 1.46. The van der Waals surface area contributed by atoms with Gasteiger partial charge in [0.2, 0.25) is 0 Å². The molecule has 0 spiro atoms. The van der Waals surface area contributed by atoms with Crippen LogP contribution in [0.3, 0.4) is 0 Å². The first kappa shape index (κ1) is 18.1. The van der Waals surface area contributed by atoms with E-state index in [0.717, 1.165) is 43.6 Å². The third-order valence-corrected chi connectivity index (χ3v) is 5.84. The number of hydrogen-bond acceptors (Lipinski definition) is 2. The molecule has 1 atom stereocenters. The minimum atomic E-state index is 0.139. The standard InChI is InChI=1S/C23H29N3O/c1-2-25-21-12-6-7-13-22(21)26(23(25)27)18-20-11-8-15-24(17-20)16-14-19-9-4-3-5-10-19/h3-7,9-10,12-13,20H,2,8,11,14-18H2,1H3. The highest BCUT2D eigenvalue weighted by molar-refractivity contribution is 5.75. The van der Waals surface area contributed by atoms with Crippen molar-refractivity contribution in [2.45, 2.75) is 39.3 Å². The Hall–Kier alpha value is -2.33. The van der Waals surface area contributed by atoms with E-state index in [2.05, 4.69) is 47.4 Å². The van der Waals surface area contributed by atoms with E-state index in [1.54, 1.807) is 0 Å². The van der Waals surface area contributed by atoms with Crippen LogP contribution >= 0.6 is 0 Å². The van der Waals surface area contributed by atoms with Crippen molar-refractivity contribution in [2.75, 3.05) is 19.6 Å². The number of hydrogen-bond donors (Lipinski definition) is 0. The van der Waals surface area contributed by atoms with Crippen LogP contribution in [0.1, 0.15) is 25.3 Å². The minimum Gasteiger partial charge on any atom is -0.303 e. The summed E-state index contributed by atoms with van der Waals surface area (Å²) in [5.41, 5.74) is 3.68. The topological polar surface area (TPSA) is 30.2 Å². The SMILES string of the molecule is CCn1c(=O)n(CC2CCCN(CCc3ccccc3)C2)c2ccccc21. The predicted molar refractivity (Wildman–Crippen MR) is 111 cm³/mol. The third kappa shape index (κ3) is 3.86. The number of likely N-dealkylation sites (tertiary alicyclic amines) is 1. The second-order valence-corrected chi connectivity index (χ2v) is 7.67. The van der Waals surface area contributed by atoms with Gasteiger partial charge in [0, 0.05) is 26.2 Å². The maximum absolute atomic E-state index is 12.9. The van der Waals surface area contributed by atoms with Crippen molar-refractivity contribution in [2.24, 2.45) is 5.92 Å². The lowest BCUT2D eigenvalue weighted by molar-refractivity contribution is 0.164. The van der Waals surface area contributed by atoms with Gasteiger partial charge >= 0.3 is 5.69 Å². The van der Waals surface area contributed by atoms with E-state index in [4.69, 9.17) is 0 Å². The van der Waals surface area contributed by atoms with Crippen molar-refractivity contribution >= 4 is 11.0 Å². The first-order valence-electron chi connectivity index (χ1n) is 10.2. The van der Waals surface area contributed by atoms with Crippen molar-refractivity contribution in [3.05, 3.63) is 70.6 Å². The first-order chi connectivity index (χ1) is 13.3. The van der Waals surface area contributed by atoms with Gasteiger partial charge in [0.05, 0.1) is 11.0 Å². The zero-order valence-corrected chi connectivity index (χ0v) is 16.2. The van der Waals surface area contributed by atoms with Crippen LogP contribution < -0.4 is 5.69 Å². The van der Waals surface area contributed by atoms with E-state index < -0.39 is 0 Å². The van der Waals surface area contributed by atoms with E-state index in [0.29, 0.717) is 5.92 Å². The summed E-state index contributed by atoms with van der Waals surface area (Å²) >= 11 is 0. The number of rotatable bonds is 6. The number of aryl methyl sites for hydroxylation is 1. The van der Waals surface area contributed by atoms with Crippen molar-refractivity contribution < 1.29 is 0 Å². The molecule has 0 N–H and O–H groups in total. The quantitative estimate of drug-likeness (QED) is 0.667. The molecule has 27 heavy (non-hydrogen) atoms. The van der Waals surface area contributed by atoms with Crippen LogP contribution in [0.25, 0.3) is 11.0 Å². The molecule has 1 fully saturated rings. The molecule has 2 aromatic carbocycles. The average molecular weight is 364 g/mol. The highest BCUT2D eigenvalue weighted by Crippen LogP contribution is 2.21. The molecule has 0 saturated carbocycles. The summed E-state index contributed by atoms with van der Waals surface area (Å²) in [5, 5.41) is 0. The molecule has 4 nitrogen and oxygen atoms in total. The van der Waals surface area contributed by atoms with Gasteiger partial charge in [0.25, 0.3) is 0 Å². The molecule has 1 unspecified atom stereocenters. The molecule has 1 saturated heterocycles. The Morgan fingerprint density at radius 3 is 2.41 bits per heavy atom. The van der Waals surface area contributed by atoms with Gasteiger partial charge in [-0.05, 0) is 56.3 Å². The summed E-state index contributed by atoms with van der Waals surface area (Å²) in [6, 6.07) is 18.9. The Labute approximate surface area is 161 Å². The van der Waals surface area contributed by atoms with Crippen LogP contribution in [-0.4, -0.2) is 33.7 Å². The van der Waals surface area contributed by atoms with Gasteiger partial charge in [-0.1, -0.05) is 42.5 Å². The van der Waals surface area contributed by atoms with Gasteiger partial charge < -0.3 is 4.90 Å². The Morgan fingerprint density at radius 1 is 0.963 bits per heavy atom. The fourth-order valence-corrected chi connectivity index (χ4v) is 4.45. The van der Waals surface area contributed by atoms with Gasteiger partial charge in [-0.15, -0.1) is 0 Å². The fourth-order valence-electron chi connectivity index (χ4n) is 4.45. The molecule has 1 aromatic heterocycles. The predicted octanol–water partition coefficient (Wildman–Crippen LogP) is 3.78. The molecule has 4 heteroatoms. The van der Waals surface area contributed by atoms with Crippen LogP contribution in [0, 0.1) is 5.92 Å². The third-order valence-electron chi connectivity index (χ3n) is 5.84. The summed E-state index contributed by atoms with van der Waals surface area (Å²) in [6.45, 7) is 6.96. The maximum atomic E-state index is 12.9. The Bertz CT molecular complexity index is 941. The summed E-state index contributed by atoms with van der Waals surface area (Å²) in [5.74, 6) is 0.545. The number of aromatic nitrogens is 2. The van der Waals surface area contributed by atoms with Gasteiger partial charge in [0.1, 0.15) is 0 Å². The molecule has 0 radical (unpaired) electrons. The van der Waals surface area contributed by atoms with E-state index in [-0.39, 0.29) is 5.69 Å². The number of piperidine rings is 1. The summed E-state index contributed by atoms with van der Waals surface area (Å²) in [4.78, 5) is 15.5. The van der Waals surface area contributed by atoms with Gasteiger partial charge in [-0.3, -0.25) is 9.13 Å². The van der Waals surface area contributed by atoms with E-state index in [9.17, 15) is 4.79 Å². The Morgan fingerprint density at radius 2 is 1.67 bits per heavy atom. The van der Waals surface area contributed by atoms with Crippen LogP contribution in [0.4, 0.5) is 0 Å². The first-order valence-corrected chi connectivity index (χ1v) is 10.2. The van der Waals surface area contributed by atoms with Gasteiger partial charge in [0.15, 0.2) is 0 Å². The summed E-state index contributed by atoms with van der Waals surface area (Å²) in [6.07, 6.45) is 3.53. The largest absolute Gasteiger partial charge is 0.329 e. The monoisotopic (exact) mass is 363 g/mol. The van der Waals surface area contributed by atoms with Crippen molar-refractivity contribution in [1.82, 2.24) is 14.0 Å². The Kier molecular flexibility index (Phi) is 5.44. The lowest BCUT2D eigenvalue weighted by atomic mass is 9.97. The molecule has 1 aliphatic rings. The van der Waals surface area contributed by atoms with Crippen LogP contribution in [-0.2, 0) is 19.5 Å². The lowest BCUT2D eigenvalue weighted by Crippen LogP contribution is -2.39. The zero-order valence-electron chi connectivity index (χ0n) is 16.2.